The number of anilines is 2. The van der Waals surface area contributed by atoms with Crippen LogP contribution in [0, 0.1) is 16.0 Å². The molecule has 0 aliphatic carbocycles. The van der Waals surface area contributed by atoms with Crippen molar-refractivity contribution in [2.75, 3.05) is 16.8 Å². The van der Waals surface area contributed by atoms with E-state index in [2.05, 4.69) is 5.32 Å². The molecule has 1 fully saturated rings. The van der Waals surface area contributed by atoms with Gasteiger partial charge in [0.15, 0.2) is 0 Å². The molecule has 1 aliphatic heterocycles. The summed E-state index contributed by atoms with van der Waals surface area (Å²) in [5.74, 6) is -1.09. The lowest BCUT2D eigenvalue weighted by molar-refractivity contribution is -0.384. The van der Waals surface area contributed by atoms with Gasteiger partial charge in [0.2, 0.25) is 11.8 Å². The monoisotopic (exact) mass is 393 g/mol. The minimum atomic E-state index is -0.572. The summed E-state index contributed by atoms with van der Waals surface area (Å²) in [6.45, 7) is 0.233. The van der Waals surface area contributed by atoms with Crippen molar-refractivity contribution in [2.45, 2.75) is 6.42 Å². The highest BCUT2D eigenvalue weighted by molar-refractivity contribution is 6.34. The molecule has 1 N–H and O–H groups in total. The molecule has 0 radical (unpaired) electrons. The van der Waals surface area contributed by atoms with Crippen LogP contribution in [-0.2, 0) is 9.59 Å². The zero-order valence-corrected chi connectivity index (χ0v) is 14.8. The van der Waals surface area contributed by atoms with Crippen molar-refractivity contribution in [2.24, 2.45) is 5.92 Å². The van der Waals surface area contributed by atoms with E-state index in [1.807, 2.05) is 0 Å². The summed E-state index contributed by atoms with van der Waals surface area (Å²) in [6.07, 6.45) is 0.0685. The maximum absolute atomic E-state index is 12.5. The molecular weight excluding hydrogens is 381 g/mol. The van der Waals surface area contributed by atoms with Gasteiger partial charge in [-0.3, -0.25) is 19.7 Å². The molecule has 0 spiro atoms. The zero-order chi connectivity index (χ0) is 18.8. The number of nitrogens with one attached hydrogen (secondary N) is 1. The van der Waals surface area contributed by atoms with Crippen LogP contribution < -0.4 is 10.2 Å². The molecule has 2 amide bonds. The number of hydrogen-bond donors (Lipinski definition) is 1. The van der Waals surface area contributed by atoms with Crippen molar-refractivity contribution in [3.8, 4) is 0 Å². The van der Waals surface area contributed by atoms with Crippen molar-refractivity contribution < 1.29 is 14.5 Å². The maximum atomic E-state index is 12.5. The third-order valence-electron chi connectivity index (χ3n) is 4.06. The topological polar surface area (TPSA) is 92.5 Å². The summed E-state index contributed by atoms with van der Waals surface area (Å²) in [5, 5.41) is 14.0. The number of carbonyl (C=O) groups excluding carboxylic acids is 2. The predicted octanol–water partition coefficient (Wildman–Crippen LogP) is 3.89. The fourth-order valence-corrected chi connectivity index (χ4v) is 3.06. The molecule has 134 valence electrons. The molecular formula is C17H13Cl2N3O4. The Labute approximate surface area is 158 Å². The predicted molar refractivity (Wildman–Crippen MR) is 98.6 cm³/mol. The van der Waals surface area contributed by atoms with Gasteiger partial charge in [0.05, 0.1) is 21.6 Å². The van der Waals surface area contributed by atoms with Gasteiger partial charge in [-0.25, -0.2) is 0 Å². The number of nitro benzene ring substituents is 1. The van der Waals surface area contributed by atoms with E-state index in [4.69, 9.17) is 23.2 Å². The van der Waals surface area contributed by atoms with Gasteiger partial charge in [-0.1, -0.05) is 23.2 Å². The molecule has 0 aromatic heterocycles. The van der Waals surface area contributed by atoms with Gasteiger partial charge >= 0.3 is 0 Å². The number of hydrogen-bond acceptors (Lipinski definition) is 4. The van der Waals surface area contributed by atoms with E-state index < -0.39 is 10.8 Å². The quantitative estimate of drug-likeness (QED) is 0.629. The molecule has 0 bridgehead atoms. The van der Waals surface area contributed by atoms with Crippen molar-refractivity contribution in [1.29, 1.82) is 0 Å². The number of rotatable bonds is 4. The van der Waals surface area contributed by atoms with Crippen LogP contribution >= 0.6 is 23.2 Å². The van der Waals surface area contributed by atoms with Crippen molar-refractivity contribution in [3.63, 3.8) is 0 Å². The molecule has 2 aromatic carbocycles. The molecule has 0 unspecified atom stereocenters. The molecule has 1 aliphatic rings. The first-order chi connectivity index (χ1) is 12.3. The number of non-ortho nitro benzene ring substituents is 1. The van der Waals surface area contributed by atoms with Crippen LogP contribution in [0.4, 0.5) is 17.1 Å². The molecule has 1 heterocycles. The van der Waals surface area contributed by atoms with Gasteiger partial charge in [-0.05, 0) is 30.3 Å². The normalized spacial score (nSPS) is 16.6. The number of carbonyl (C=O) groups is 2. The maximum Gasteiger partial charge on any atom is 0.271 e. The lowest BCUT2D eigenvalue weighted by Crippen LogP contribution is -2.28. The third kappa shape index (κ3) is 3.79. The van der Waals surface area contributed by atoms with E-state index in [-0.39, 0.29) is 41.2 Å². The van der Waals surface area contributed by atoms with Crippen LogP contribution in [-0.4, -0.2) is 23.3 Å². The van der Waals surface area contributed by atoms with Gasteiger partial charge < -0.3 is 10.2 Å². The van der Waals surface area contributed by atoms with Crippen LogP contribution in [0.5, 0.6) is 0 Å². The SMILES string of the molecule is O=C(Nc1ccc([N+](=O)[O-])cc1Cl)[C@@H]1CC(=O)N(c2ccc(Cl)cc2)C1. The second-order valence-electron chi connectivity index (χ2n) is 5.79. The molecule has 26 heavy (non-hydrogen) atoms. The number of halogens is 2. The molecule has 0 saturated carbocycles. The summed E-state index contributed by atoms with van der Waals surface area (Å²) < 4.78 is 0. The molecule has 3 rings (SSSR count). The van der Waals surface area contributed by atoms with Gasteiger partial charge in [0.1, 0.15) is 0 Å². The molecule has 7 nitrogen and oxygen atoms in total. The second kappa shape index (κ2) is 7.31. The molecule has 9 heteroatoms. The minimum Gasteiger partial charge on any atom is -0.324 e. The number of amides is 2. The van der Waals surface area contributed by atoms with Crippen LogP contribution in [0.2, 0.25) is 10.0 Å². The summed E-state index contributed by atoms with van der Waals surface area (Å²) in [6, 6.07) is 10.6. The standard InChI is InChI=1S/C17H13Cl2N3O4/c18-11-1-3-12(4-2-11)21-9-10(7-16(21)23)17(24)20-15-6-5-13(22(25)26)8-14(15)19/h1-6,8,10H,7,9H2,(H,20,24)/t10-/m1/s1. The lowest BCUT2D eigenvalue weighted by Gasteiger charge is -2.17. The Kier molecular flexibility index (Phi) is 5.11. The first kappa shape index (κ1) is 18.2. The highest BCUT2D eigenvalue weighted by Crippen LogP contribution is 2.30. The highest BCUT2D eigenvalue weighted by Gasteiger charge is 2.35. The zero-order valence-electron chi connectivity index (χ0n) is 13.3. The fourth-order valence-electron chi connectivity index (χ4n) is 2.71. The average molecular weight is 394 g/mol. The fraction of sp³-hybridized carbons (Fsp3) is 0.176. The Morgan fingerprint density at radius 3 is 2.50 bits per heavy atom. The molecule has 2 aromatic rings. The summed E-state index contributed by atoms with van der Waals surface area (Å²) in [7, 11) is 0. The summed E-state index contributed by atoms with van der Waals surface area (Å²) in [5.41, 5.74) is 0.765. The summed E-state index contributed by atoms with van der Waals surface area (Å²) in [4.78, 5) is 36.4. The van der Waals surface area contributed by atoms with Crippen molar-refractivity contribution in [3.05, 3.63) is 62.6 Å². The lowest BCUT2D eigenvalue weighted by atomic mass is 10.1. The average Bonchev–Trinajstić information content (AvgIpc) is 2.99. The Morgan fingerprint density at radius 1 is 1.19 bits per heavy atom. The number of nitro groups is 1. The van der Waals surface area contributed by atoms with Gasteiger partial charge in [-0.15, -0.1) is 0 Å². The highest BCUT2D eigenvalue weighted by atomic mass is 35.5. The Balaban J connectivity index is 1.70. The first-order valence-electron chi connectivity index (χ1n) is 7.66. The number of nitrogens with zero attached hydrogens (tertiary/aromatic N) is 2. The second-order valence-corrected chi connectivity index (χ2v) is 6.64. The first-order valence-corrected chi connectivity index (χ1v) is 8.41. The van der Waals surface area contributed by atoms with E-state index >= 15 is 0 Å². The van der Waals surface area contributed by atoms with E-state index in [1.165, 1.54) is 17.0 Å². The van der Waals surface area contributed by atoms with Crippen LogP contribution in [0.3, 0.4) is 0 Å². The Morgan fingerprint density at radius 2 is 1.88 bits per heavy atom. The Bertz CT molecular complexity index is 886. The van der Waals surface area contributed by atoms with Crippen LogP contribution in [0.25, 0.3) is 0 Å². The van der Waals surface area contributed by atoms with Crippen molar-refractivity contribution in [1.82, 2.24) is 0 Å². The van der Waals surface area contributed by atoms with Crippen LogP contribution in [0.15, 0.2) is 42.5 Å². The third-order valence-corrected chi connectivity index (χ3v) is 4.62. The molecule has 1 atom stereocenters. The largest absolute Gasteiger partial charge is 0.324 e. The number of benzene rings is 2. The van der Waals surface area contributed by atoms with Gasteiger partial charge in [0.25, 0.3) is 5.69 Å². The smallest absolute Gasteiger partial charge is 0.271 e. The molecule has 1 saturated heterocycles. The van der Waals surface area contributed by atoms with E-state index in [1.54, 1.807) is 24.3 Å². The van der Waals surface area contributed by atoms with Gasteiger partial charge in [-0.2, -0.15) is 0 Å². The Hall–Kier alpha value is -2.64. The summed E-state index contributed by atoms with van der Waals surface area (Å²) >= 11 is 11.8. The van der Waals surface area contributed by atoms with Crippen molar-refractivity contribution >= 4 is 52.1 Å². The minimum absolute atomic E-state index is 0.0615. The van der Waals surface area contributed by atoms with E-state index in [9.17, 15) is 19.7 Å². The van der Waals surface area contributed by atoms with Gasteiger partial charge in [0, 0.05) is 35.8 Å². The van der Waals surface area contributed by atoms with E-state index in [0.717, 1.165) is 6.07 Å². The van der Waals surface area contributed by atoms with Crippen LogP contribution in [0.1, 0.15) is 6.42 Å². The van der Waals surface area contributed by atoms with E-state index in [0.29, 0.717) is 10.7 Å².